The summed E-state index contributed by atoms with van der Waals surface area (Å²) in [6.45, 7) is 4.53. The van der Waals surface area contributed by atoms with Gasteiger partial charge in [-0.2, -0.15) is 0 Å². The molecule has 3 N–H and O–H groups in total. The van der Waals surface area contributed by atoms with Crippen LogP contribution in [0.5, 0.6) is 0 Å². The number of thiazole rings is 1. The van der Waals surface area contributed by atoms with E-state index in [1.54, 1.807) is 0 Å². The van der Waals surface area contributed by atoms with Crippen molar-refractivity contribution >= 4 is 22.6 Å². The van der Waals surface area contributed by atoms with E-state index in [0.717, 1.165) is 17.0 Å². The summed E-state index contributed by atoms with van der Waals surface area (Å²) in [5.74, 6) is 0.263. The van der Waals surface area contributed by atoms with Gasteiger partial charge in [-0.15, -0.1) is 11.3 Å². The van der Waals surface area contributed by atoms with Crippen molar-refractivity contribution in [3.63, 3.8) is 0 Å². The maximum atomic E-state index is 11.2. The smallest absolute Gasteiger partial charge is 0.408 e. The van der Waals surface area contributed by atoms with Crippen LogP contribution in [-0.4, -0.2) is 21.1 Å². The Morgan fingerprint density at radius 1 is 1.81 bits per heavy atom. The van der Waals surface area contributed by atoms with Crippen molar-refractivity contribution in [2.45, 2.75) is 32.9 Å². The molecule has 6 heteroatoms. The van der Waals surface area contributed by atoms with Gasteiger partial charge in [0, 0.05) is 0 Å². The van der Waals surface area contributed by atoms with E-state index in [9.17, 15) is 4.79 Å². The van der Waals surface area contributed by atoms with Crippen LogP contribution in [0.4, 0.5) is 9.93 Å². The van der Waals surface area contributed by atoms with Crippen LogP contribution in [0.25, 0.3) is 0 Å². The molecule has 1 aromatic rings. The minimum Gasteiger partial charge on any atom is -0.465 e. The summed E-state index contributed by atoms with van der Waals surface area (Å²) in [7, 11) is 0. The van der Waals surface area contributed by atoms with E-state index in [0.29, 0.717) is 11.7 Å². The van der Waals surface area contributed by atoms with Crippen LogP contribution in [0.15, 0.2) is 0 Å². The second kappa shape index (κ2) is 3.93. The molecule has 1 amide bonds. The van der Waals surface area contributed by atoms with E-state index >= 15 is 0 Å². The average molecular weight is 241 g/mol. The van der Waals surface area contributed by atoms with Crippen molar-refractivity contribution in [3.8, 4) is 0 Å². The first kappa shape index (κ1) is 11.2. The second-order valence-electron chi connectivity index (χ2n) is 4.10. The number of nitrogen functional groups attached to an aromatic ring is 1. The second-order valence-corrected chi connectivity index (χ2v) is 5.22. The SMILES string of the molecule is CC[C@H](C)[C@H]1c2nc(N)sc2CN1C(=O)O. The van der Waals surface area contributed by atoms with Gasteiger partial charge in [0.2, 0.25) is 0 Å². The zero-order valence-corrected chi connectivity index (χ0v) is 10.1. The van der Waals surface area contributed by atoms with Gasteiger partial charge >= 0.3 is 6.09 Å². The van der Waals surface area contributed by atoms with Gasteiger partial charge in [-0.3, -0.25) is 4.90 Å². The van der Waals surface area contributed by atoms with Crippen LogP contribution in [0.3, 0.4) is 0 Å². The highest BCUT2D eigenvalue weighted by Gasteiger charge is 2.39. The molecule has 0 saturated heterocycles. The first-order chi connectivity index (χ1) is 7.54. The van der Waals surface area contributed by atoms with Crippen molar-refractivity contribution in [3.05, 3.63) is 10.6 Å². The number of carboxylic acid groups (broad SMARTS) is 1. The van der Waals surface area contributed by atoms with Crippen molar-refractivity contribution in [1.29, 1.82) is 0 Å². The van der Waals surface area contributed by atoms with Crippen molar-refractivity contribution in [2.24, 2.45) is 5.92 Å². The molecular formula is C10H15N3O2S. The van der Waals surface area contributed by atoms with Gasteiger partial charge in [0.15, 0.2) is 5.13 Å². The lowest BCUT2D eigenvalue weighted by Crippen LogP contribution is -2.31. The third kappa shape index (κ3) is 1.63. The van der Waals surface area contributed by atoms with E-state index in [1.165, 1.54) is 16.2 Å². The van der Waals surface area contributed by atoms with E-state index in [-0.39, 0.29) is 12.0 Å². The third-order valence-corrected chi connectivity index (χ3v) is 3.99. The third-order valence-electron chi connectivity index (χ3n) is 3.10. The lowest BCUT2D eigenvalue weighted by Gasteiger charge is -2.26. The Morgan fingerprint density at radius 2 is 2.50 bits per heavy atom. The molecule has 16 heavy (non-hydrogen) atoms. The van der Waals surface area contributed by atoms with E-state index in [2.05, 4.69) is 11.9 Å². The summed E-state index contributed by atoms with van der Waals surface area (Å²) in [4.78, 5) is 17.9. The van der Waals surface area contributed by atoms with Crippen LogP contribution >= 0.6 is 11.3 Å². The van der Waals surface area contributed by atoms with Crippen LogP contribution in [0.2, 0.25) is 0 Å². The minimum absolute atomic E-state index is 0.133. The highest BCUT2D eigenvalue weighted by molar-refractivity contribution is 7.15. The molecule has 0 radical (unpaired) electrons. The topological polar surface area (TPSA) is 79.5 Å². The molecule has 2 heterocycles. The largest absolute Gasteiger partial charge is 0.465 e. The molecule has 0 saturated carbocycles. The Balaban J connectivity index is 2.37. The number of carbonyl (C=O) groups is 1. The summed E-state index contributed by atoms with van der Waals surface area (Å²) >= 11 is 1.39. The zero-order valence-electron chi connectivity index (χ0n) is 9.30. The first-order valence-electron chi connectivity index (χ1n) is 5.29. The molecule has 0 unspecified atom stereocenters. The Hall–Kier alpha value is -1.30. The summed E-state index contributed by atoms with van der Waals surface area (Å²) in [6, 6.07) is -0.133. The molecule has 0 fully saturated rings. The Morgan fingerprint density at radius 3 is 3.06 bits per heavy atom. The van der Waals surface area contributed by atoms with Gasteiger partial charge in [0.1, 0.15) is 0 Å². The zero-order chi connectivity index (χ0) is 11.9. The van der Waals surface area contributed by atoms with E-state index < -0.39 is 6.09 Å². The molecule has 1 aromatic heterocycles. The number of fused-ring (bicyclic) bond motifs is 1. The highest BCUT2D eigenvalue weighted by atomic mass is 32.1. The minimum atomic E-state index is -0.880. The monoisotopic (exact) mass is 241 g/mol. The Bertz CT molecular complexity index is 418. The quantitative estimate of drug-likeness (QED) is 0.832. The van der Waals surface area contributed by atoms with Gasteiger partial charge in [-0.25, -0.2) is 9.78 Å². The maximum Gasteiger partial charge on any atom is 0.408 e. The van der Waals surface area contributed by atoms with Gasteiger partial charge in [-0.1, -0.05) is 20.3 Å². The van der Waals surface area contributed by atoms with E-state index in [4.69, 9.17) is 10.8 Å². The lowest BCUT2D eigenvalue weighted by atomic mass is 9.97. The first-order valence-corrected chi connectivity index (χ1v) is 6.10. The number of aromatic nitrogens is 1. The molecule has 1 aliphatic heterocycles. The number of amides is 1. The predicted octanol–water partition coefficient (Wildman–Crippen LogP) is 2.31. The predicted molar refractivity (Wildman–Crippen MR) is 62.3 cm³/mol. The molecule has 0 bridgehead atoms. The summed E-state index contributed by atoms with van der Waals surface area (Å²) < 4.78 is 0. The summed E-state index contributed by atoms with van der Waals surface area (Å²) in [5.41, 5.74) is 6.52. The number of rotatable bonds is 2. The van der Waals surface area contributed by atoms with Gasteiger partial charge in [0.05, 0.1) is 23.2 Å². The van der Waals surface area contributed by atoms with Crippen LogP contribution in [0.1, 0.15) is 36.9 Å². The van der Waals surface area contributed by atoms with Crippen molar-refractivity contribution in [1.82, 2.24) is 9.88 Å². The molecule has 0 spiro atoms. The molecule has 2 rings (SSSR count). The fourth-order valence-electron chi connectivity index (χ4n) is 2.11. The van der Waals surface area contributed by atoms with Crippen LogP contribution < -0.4 is 5.73 Å². The maximum absolute atomic E-state index is 11.2. The number of nitrogens with zero attached hydrogens (tertiary/aromatic N) is 2. The summed E-state index contributed by atoms with van der Waals surface area (Å²) in [5, 5.41) is 9.69. The number of hydrogen-bond donors (Lipinski definition) is 2. The standard InChI is InChI=1S/C10H15N3O2S/c1-3-5(2)8-7-6(16-9(11)12-7)4-13(8)10(14)15/h5,8H,3-4H2,1-2H3,(H2,11,12)(H,14,15)/t5-,8-/m0/s1. The lowest BCUT2D eigenvalue weighted by molar-refractivity contribution is 0.111. The van der Waals surface area contributed by atoms with E-state index in [1.807, 2.05) is 6.92 Å². The van der Waals surface area contributed by atoms with Crippen LogP contribution in [-0.2, 0) is 6.54 Å². The molecule has 0 aromatic carbocycles. The summed E-state index contributed by atoms with van der Waals surface area (Å²) in [6.07, 6.45) is 0.0415. The Kier molecular flexibility index (Phi) is 2.75. The number of hydrogen-bond acceptors (Lipinski definition) is 4. The molecule has 2 atom stereocenters. The normalized spacial score (nSPS) is 20.9. The fourth-order valence-corrected chi connectivity index (χ4v) is 2.99. The molecule has 1 aliphatic rings. The number of anilines is 1. The number of nitrogens with two attached hydrogens (primary N) is 1. The van der Waals surface area contributed by atoms with Gasteiger partial charge in [0.25, 0.3) is 0 Å². The Labute approximate surface area is 97.9 Å². The highest BCUT2D eigenvalue weighted by Crippen LogP contribution is 2.42. The van der Waals surface area contributed by atoms with Gasteiger partial charge in [-0.05, 0) is 5.92 Å². The molecule has 88 valence electrons. The van der Waals surface area contributed by atoms with Gasteiger partial charge < -0.3 is 10.8 Å². The van der Waals surface area contributed by atoms with Crippen LogP contribution in [0, 0.1) is 5.92 Å². The van der Waals surface area contributed by atoms with Crippen molar-refractivity contribution < 1.29 is 9.90 Å². The van der Waals surface area contributed by atoms with Crippen molar-refractivity contribution in [2.75, 3.05) is 5.73 Å². The molecular weight excluding hydrogens is 226 g/mol. The average Bonchev–Trinajstić information content (AvgIpc) is 2.72. The molecule has 5 nitrogen and oxygen atoms in total. The fraction of sp³-hybridized carbons (Fsp3) is 0.600. The molecule has 0 aliphatic carbocycles.